The molecule has 0 bridgehead atoms. The first-order chi connectivity index (χ1) is 14.0. The fourth-order valence-electron chi connectivity index (χ4n) is 3.35. The second kappa shape index (κ2) is 10.3. The van der Waals surface area contributed by atoms with Crippen LogP contribution in [0.25, 0.3) is 0 Å². The van der Waals surface area contributed by atoms with Crippen LogP contribution in [0, 0.1) is 0 Å². The summed E-state index contributed by atoms with van der Waals surface area (Å²) in [5, 5.41) is 7.00. The van der Waals surface area contributed by atoms with Gasteiger partial charge in [-0.25, -0.2) is 0 Å². The predicted octanol–water partition coefficient (Wildman–Crippen LogP) is 5.29. The van der Waals surface area contributed by atoms with Gasteiger partial charge in [0.05, 0.1) is 19.3 Å². The summed E-state index contributed by atoms with van der Waals surface area (Å²) >= 11 is 5.42. The predicted molar refractivity (Wildman–Crippen MR) is 121 cm³/mol. The lowest BCUT2D eigenvalue weighted by Gasteiger charge is -2.16. The zero-order valence-corrected chi connectivity index (χ0v) is 18.2. The van der Waals surface area contributed by atoms with Gasteiger partial charge in [-0.1, -0.05) is 6.07 Å². The van der Waals surface area contributed by atoms with E-state index >= 15 is 0 Å². The average Bonchev–Trinajstić information content (AvgIpc) is 3.21. The lowest BCUT2D eigenvalue weighted by Crippen LogP contribution is -2.27. The van der Waals surface area contributed by atoms with Gasteiger partial charge in [-0.15, -0.1) is 0 Å². The first-order valence-corrected chi connectivity index (χ1v) is 10.6. The third-order valence-corrected chi connectivity index (χ3v) is 5.01. The zero-order chi connectivity index (χ0) is 20.6. The molecule has 2 N–H and O–H groups in total. The summed E-state index contributed by atoms with van der Waals surface area (Å²) in [6.45, 7) is 4.58. The van der Waals surface area contributed by atoms with Crippen molar-refractivity contribution in [2.75, 3.05) is 12.4 Å². The Hall–Kier alpha value is -2.47. The summed E-state index contributed by atoms with van der Waals surface area (Å²) in [6, 6.07) is 13.8. The SMILES string of the molecule is COc1cc(CNC(=S)Nc2ccc(OC3CCCC3)cc2)ccc1OC(C)C. The number of hydrogen-bond donors (Lipinski definition) is 2. The maximum Gasteiger partial charge on any atom is 0.171 e. The molecule has 2 aromatic carbocycles. The molecule has 0 unspecified atom stereocenters. The molecule has 29 heavy (non-hydrogen) atoms. The molecular weight excluding hydrogens is 384 g/mol. The summed E-state index contributed by atoms with van der Waals surface area (Å²) in [7, 11) is 1.64. The number of ether oxygens (including phenoxy) is 3. The van der Waals surface area contributed by atoms with E-state index in [2.05, 4.69) is 10.6 Å². The van der Waals surface area contributed by atoms with E-state index in [1.165, 1.54) is 12.8 Å². The second-order valence-corrected chi connectivity index (χ2v) is 7.92. The van der Waals surface area contributed by atoms with Crippen LogP contribution in [0.1, 0.15) is 45.1 Å². The number of benzene rings is 2. The molecule has 0 atom stereocenters. The lowest BCUT2D eigenvalue weighted by atomic mass is 10.2. The van der Waals surface area contributed by atoms with Crippen molar-refractivity contribution in [1.29, 1.82) is 0 Å². The minimum Gasteiger partial charge on any atom is -0.493 e. The van der Waals surface area contributed by atoms with E-state index in [9.17, 15) is 0 Å². The number of methoxy groups -OCH3 is 1. The van der Waals surface area contributed by atoms with Crippen LogP contribution in [-0.4, -0.2) is 24.4 Å². The Balaban J connectivity index is 1.49. The molecule has 0 radical (unpaired) electrons. The van der Waals surface area contributed by atoms with Crippen molar-refractivity contribution < 1.29 is 14.2 Å². The molecule has 156 valence electrons. The zero-order valence-electron chi connectivity index (χ0n) is 17.4. The van der Waals surface area contributed by atoms with E-state index in [1.807, 2.05) is 56.3 Å². The molecule has 0 spiro atoms. The number of anilines is 1. The number of rotatable bonds is 8. The van der Waals surface area contributed by atoms with Crippen molar-refractivity contribution in [2.24, 2.45) is 0 Å². The Morgan fingerprint density at radius 2 is 1.79 bits per heavy atom. The Morgan fingerprint density at radius 1 is 1.07 bits per heavy atom. The van der Waals surface area contributed by atoms with Gasteiger partial charge in [-0.3, -0.25) is 0 Å². The van der Waals surface area contributed by atoms with E-state index < -0.39 is 0 Å². The number of hydrogen-bond acceptors (Lipinski definition) is 4. The first kappa shape index (κ1) is 21.2. The fraction of sp³-hybridized carbons (Fsp3) is 0.435. The minimum atomic E-state index is 0.0969. The summed E-state index contributed by atoms with van der Waals surface area (Å²) < 4.78 is 17.2. The fourth-order valence-corrected chi connectivity index (χ4v) is 3.54. The second-order valence-electron chi connectivity index (χ2n) is 7.51. The summed E-state index contributed by atoms with van der Waals surface area (Å²) in [4.78, 5) is 0. The van der Waals surface area contributed by atoms with E-state index in [-0.39, 0.29) is 6.10 Å². The molecule has 2 aromatic rings. The summed E-state index contributed by atoms with van der Waals surface area (Å²) in [6.07, 6.45) is 5.31. The van der Waals surface area contributed by atoms with E-state index in [4.69, 9.17) is 26.4 Å². The monoisotopic (exact) mass is 414 g/mol. The molecule has 0 amide bonds. The third kappa shape index (κ3) is 6.53. The van der Waals surface area contributed by atoms with Crippen molar-refractivity contribution in [1.82, 2.24) is 5.32 Å². The Bertz CT molecular complexity index is 802. The van der Waals surface area contributed by atoms with Crippen LogP contribution in [0.5, 0.6) is 17.2 Å². The van der Waals surface area contributed by atoms with Gasteiger partial charge < -0.3 is 24.8 Å². The van der Waals surface area contributed by atoms with Gasteiger partial charge >= 0.3 is 0 Å². The van der Waals surface area contributed by atoms with Gasteiger partial charge in [0.1, 0.15) is 5.75 Å². The van der Waals surface area contributed by atoms with Gasteiger partial charge in [0.2, 0.25) is 0 Å². The Labute approximate surface area is 178 Å². The Morgan fingerprint density at radius 3 is 2.45 bits per heavy atom. The highest BCUT2D eigenvalue weighted by atomic mass is 32.1. The van der Waals surface area contributed by atoms with Crippen molar-refractivity contribution in [2.45, 2.75) is 58.3 Å². The van der Waals surface area contributed by atoms with Gasteiger partial charge in [-0.2, -0.15) is 0 Å². The Kier molecular flexibility index (Phi) is 7.58. The number of thiocarbonyl (C=S) groups is 1. The average molecular weight is 415 g/mol. The largest absolute Gasteiger partial charge is 0.493 e. The van der Waals surface area contributed by atoms with Crippen molar-refractivity contribution >= 4 is 23.0 Å². The first-order valence-electron chi connectivity index (χ1n) is 10.2. The lowest BCUT2D eigenvalue weighted by molar-refractivity contribution is 0.210. The van der Waals surface area contributed by atoms with Gasteiger partial charge in [0.15, 0.2) is 16.6 Å². The van der Waals surface area contributed by atoms with E-state index in [0.717, 1.165) is 41.3 Å². The van der Waals surface area contributed by atoms with Gasteiger partial charge in [0.25, 0.3) is 0 Å². The van der Waals surface area contributed by atoms with Crippen molar-refractivity contribution in [3.63, 3.8) is 0 Å². The smallest absolute Gasteiger partial charge is 0.171 e. The van der Waals surface area contributed by atoms with Crippen LogP contribution in [-0.2, 0) is 6.54 Å². The quantitative estimate of drug-likeness (QED) is 0.573. The maximum absolute atomic E-state index is 6.00. The van der Waals surface area contributed by atoms with Crippen LogP contribution in [0.2, 0.25) is 0 Å². The molecule has 1 aliphatic rings. The molecule has 0 saturated heterocycles. The van der Waals surface area contributed by atoms with Crippen LogP contribution in [0.15, 0.2) is 42.5 Å². The molecule has 0 aliphatic heterocycles. The summed E-state index contributed by atoms with van der Waals surface area (Å²) in [5.41, 5.74) is 1.99. The van der Waals surface area contributed by atoms with Crippen molar-refractivity contribution in [3.05, 3.63) is 48.0 Å². The molecule has 1 fully saturated rings. The van der Waals surface area contributed by atoms with Crippen LogP contribution in [0.3, 0.4) is 0 Å². The van der Waals surface area contributed by atoms with E-state index in [1.54, 1.807) is 7.11 Å². The van der Waals surface area contributed by atoms with Gasteiger partial charge in [0, 0.05) is 12.2 Å². The van der Waals surface area contributed by atoms with Crippen LogP contribution >= 0.6 is 12.2 Å². The molecule has 1 aliphatic carbocycles. The van der Waals surface area contributed by atoms with Gasteiger partial charge in [-0.05, 0) is 93.7 Å². The minimum absolute atomic E-state index is 0.0969. The molecule has 5 nitrogen and oxygen atoms in total. The van der Waals surface area contributed by atoms with E-state index in [0.29, 0.717) is 17.8 Å². The summed E-state index contributed by atoms with van der Waals surface area (Å²) in [5.74, 6) is 2.37. The molecular formula is C23H30N2O3S. The highest BCUT2D eigenvalue weighted by Gasteiger charge is 2.16. The molecule has 1 saturated carbocycles. The van der Waals surface area contributed by atoms with Crippen LogP contribution < -0.4 is 24.8 Å². The standard InChI is InChI=1S/C23H30N2O3S/c1-16(2)27-21-13-8-17(14-22(21)26-3)15-24-23(29)25-18-9-11-20(12-10-18)28-19-6-4-5-7-19/h8-14,16,19H,4-7,15H2,1-3H3,(H2,24,25,29). The van der Waals surface area contributed by atoms with Crippen molar-refractivity contribution in [3.8, 4) is 17.2 Å². The highest BCUT2D eigenvalue weighted by Crippen LogP contribution is 2.29. The maximum atomic E-state index is 6.00. The molecule has 0 heterocycles. The highest BCUT2D eigenvalue weighted by molar-refractivity contribution is 7.80. The number of nitrogens with one attached hydrogen (secondary N) is 2. The van der Waals surface area contributed by atoms with Crippen LogP contribution in [0.4, 0.5) is 5.69 Å². The third-order valence-electron chi connectivity index (χ3n) is 4.76. The molecule has 6 heteroatoms. The molecule has 3 rings (SSSR count). The normalized spacial score (nSPS) is 13.9. The molecule has 0 aromatic heterocycles. The topological polar surface area (TPSA) is 51.8 Å².